The van der Waals surface area contributed by atoms with Gasteiger partial charge in [0.15, 0.2) is 0 Å². The van der Waals surface area contributed by atoms with E-state index in [1.807, 2.05) is 31.2 Å². The first-order valence-corrected chi connectivity index (χ1v) is 12.6. The van der Waals surface area contributed by atoms with Crippen molar-refractivity contribution in [3.8, 4) is 11.1 Å². The molecule has 1 aliphatic heterocycles. The first-order valence-electron chi connectivity index (χ1n) is 12.6. The third kappa shape index (κ3) is 4.51. The highest BCUT2D eigenvalue weighted by Gasteiger charge is 2.40. The van der Waals surface area contributed by atoms with Crippen molar-refractivity contribution < 1.29 is 24.2 Å². The quantitative estimate of drug-likeness (QED) is 0.672. The Morgan fingerprint density at radius 3 is 2.29 bits per heavy atom. The zero-order valence-corrected chi connectivity index (χ0v) is 20.0. The van der Waals surface area contributed by atoms with Crippen LogP contribution < -0.4 is 5.32 Å². The molecule has 1 saturated heterocycles. The molecule has 3 aliphatic rings. The number of likely N-dealkylation sites (tertiary alicyclic amines) is 1. The Bertz CT molecular complexity index is 1090. The largest absolute Gasteiger partial charge is 0.481 e. The summed E-state index contributed by atoms with van der Waals surface area (Å²) in [6.45, 7) is 2.97. The molecular weight excluding hydrogens is 444 g/mol. The van der Waals surface area contributed by atoms with E-state index in [4.69, 9.17) is 4.74 Å². The van der Waals surface area contributed by atoms with Crippen LogP contribution in [-0.2, 0) is 14.3 Å². The van der Waals surface area contributed by atoms with Crippen molar-refractivity contribution in [3.05, 3.63) is 59.7 Å². The fourth-order valence-electron chi connectivity index (χ4n) is 6.05. The van der Waals surface area contributed by atoms with Crippen molar-refractivity contribution in [3.63, 3.8) is 0 Å². The summed E-state index contributed by atoms with van der Waals surface area (Å²) in [5.41, 5.74) is 4.66. The monoisotopic (exact) mass is 476 g/mol. The molecule has 184 valence electrons. The second-order valence-electron chi connectivity index (χ2n) is 10.1. The summed E-state index contributed by atoms with van der Waals surface area (Å²) < 4.78 is 5.69. The Hall–Kier alpha value is -3.35. The molecule has 5 rings (SSSR count). The first-order chi connectivity index (χ1) is 16.9. The lowest BCUT2D eigenvalue weighted by Crippen LogP contribution is -2.51. The summed E-state index contributed by atoms with van der Waals surface area (Å²) in [7, 11) is 0. The van der Waals surface area contributed by atoms with E-state index < -0.39 is 18.0 Å². The molecule has 0 spiro atoms. The second-order valence-corrected chi connectivity index (χ2v) is 10.1. The van der Waals surface area contributed by atoms with Gasteiger partial charge in [0, 0.05) is 25.0 Å². The van der Waals surface area contributed by atoms with Crippen LogP contribution in [0.4, 0.5) is 4.79 Å². The van der Waals surface area contributed by atoms with Gasteiger partial charge in [0.2, 0.25) is 5.91 Å². The minimum Gasteiger partial charge on any atom is -0.481 e. The highest BCUT2D eigenvalue weighted by Crippen LogP contribution is 2.44. The number of amides is 2. The molecule has 2 fully saturated rings. The van der Waals surface area contributed by atoms with E-state index in [1.54, 1.807) is 4.90 Å². The number of carbonyl (C=O) groups excluding carboxylic acids is 2. The summed E-state index contributed by atoms with van der Waals surface area (Å²) in [4.78, 5) is 39.3. The third-order valence-corrected chi connectivity index (χ3v) is 8.07. The molecule has 2 N–H and O–H groups in total. The maximum absolute atomic E-state index is 13.2. The number of aliphatic carboxylic acids is 1. The van der Waals surface area contributed by atoms with Gasteiger partial charge < -0.3 is 20.1 Å². The van der Waals surface area contributed by atoms with E-state index in [2.05, 4.69) is 29.6 Å². The molecule has 0 aromatic heterocycles. The number of benzene rings is 2. The lowest BCUT2D eigenvalue weighted by Gasteiger charge is -2.37. The zero-order chi connectivity index (χ0) is 24.5. The van der Waals surface area contributed by atoms with Crippen LogP contribution in [-0.4, -0.2) is 53.7 Å². The highest BCUT2D eigenvalue weighted by molar-refractivity contribution is 5.82. The number of rotatable bonds is 5. The van der Waals surface area contributed by atoms with Gasteiger partial charge in [0.05, 0.1) is 11.8 Å². The van der Waals surface area contributed by atoms with Gasteiger partial charge in [-0.25, -0.2) is 4.79 Å². The highest BCUT2D eigenvalue weighted by atomic mass is 16.5. The van der Waals surface area contributed by atoms with E-state index in [-0.39, 0.29) is 42.9 Å². The summed E-state index contributed by atoms with van der Waals surface area (Å²) in [5, 5.41) is 12.4. The Morgan fingerprint density at radius 2 is 1.63 bits per heavy atom. The molecule has 7 nitrogen and oxygen atoms in total. The Balaban J connectivity index is 1.20. The summed E-state index contributed by atoms with van der Waals surface area (Å²) >= 11 is 0. The van der Waals surface area contributed by atoms with Crippen LogP contribution in [0.5, 0.6) is 0 Å². The first kappa shape index (κ1) is 23.4. The van der Waals surface area contributed by atoms with Crippen molar-refractivity contribution in [2.75, 3.05) is 19.7 Å². The zero-order valence-electron chi connectivity index (χ0n) is 20.0. The maximum Gasteiger partial charge on any atom is 0.407 e. The summed E-state index contributed by atoms with van der Waals surface area (Å²) in [5.74, 6) is -1.74. The number of alkyl carbamates (subject to hydrolysis) is 1. The van der Waals surface area contributed by atoms with Crippen LogP contribution >= 0.6 is 0 Å². The fourth-order valence-corrected chi connectivity index (χ4v) is 6.05. The molecule has 35 heavy (non-hydrogen) atoms. The molecule has 2 aliphatic carbocycles. The predicted octanol–water partition coefficient (Wildman–Crippen LogP) is 4.26. The van der Waals surface area contributed by atoms with Crippen molar-refractivity contribution in [2.45, 2.75) is 44.6 Å². The van der Waals surface area contributed by atoms with Crippen LogP contribution in [0.3, 0.4) is 0 Å². The number of piperidine rings is 1. The fraction of sp³-hybridized carbons (Fsp3) is 0.464. The van der Waals surface area contributed by atoms with Crippen LogP contribution in [0.1, 0.15) is 49.7 Å². The molecular formula is C28H32N2O5. The number of nitrogens with zero attached hydrogens (tertiary/aromatic N) is 1. The molecule has 0 bridgehead atoms. The third-order valence-electron chi connectivity index (χ3n) is 8.07. The molecule has 7 heteroatoms. The Kier molecular flexibility index (Phi) is 6.50. The number of nitrogens with one attached hydrogen (secondary N) is 1. The average molecular weight is 477 g/mol. The summed E-state index contributed by atoms with van der Waals surface area (Å²) in [6.07, 6.45) is 2.42. The predicted molar refractivity (Wildman–Crippen MR) is 131 cm³/mol. The minimum absolute atomic E-state index is 0.0163. The number of ether oxygens (including phenoxy) is 1. The number of hydrogen-bond acceptors (Lipinski definition) is 4. The second kappa shape index (κ2) is 9.72. The van der Waals surface area contributed by atoms with E-state index in [9.17, 15) is 19.5 Å². The minimum atomic E-state index is -0.852. The van der Waals surface area contributed by atoms with Gasteiger partial charge in [0.1, 0.15) is 6.61 Å². The van der Waals surface area contributed by atoms with Crippen molar-refractivity contribution >= 4 is 18.0 Å². The van der Waals surface area contributed by atoms with Crippen molar-refractivity contribution in [1.82, 2.24) is 10.2 Å². The number of hydrogen-bond donors (Lipinski definition) is 2. The SMILES string of the molecule is CC1CCN(C(=O)[C@H]2CCC[C@H]2NC(=O)OCC2c3ccccc3-c3ccccc32)CC1C(=O)O. The molecule has 2 unspecified atom stereocenters. The van der Waals surface area contributed by atoms with Gasteiger partial charge in [-0.15, -0.1) is 0 Å². The van der Waals surface area contributed by atoms with Crippen molar-refractivity contribution in [1.29, 1.82) is 0 Å². The van der Waals surface area contributed by atoms with Gasteiger partial charge in [-0.1, -0.05) is 61.9 Å². The number of carboxylic acid groups (broad SMARTS) is 1. The van der Waals surface area contributed by atoms with Gasteiger partial charge >= 0.3 is 12.1 Å². The topological polar surface area (TPSA) is 95.9 Å². The standard InChI is InChI=1S/C28H32N2O5/c1-17-13-14-30(15-23(17)27(32)33)26(31)22-11-6-12-25(22)29-28(34)35-16-24-20-9-4-2-7-18(20)19-8-3-5-10-21(19)24/h2-5,7-10,17,22-25H,6,11-16H2,1H3,(H,29,34)(H,32,33)/t17?,22-,23?,25+/m0/s1. The molecule has 1 saturated carbocycles. The van der Waals surface area contributed by atoms with Gasteiger partial charge in [-0.3, -0.25) is 9.59 Å². The smallest absolute Gasteiger partial charge is 0.407 e. The van der Waals surface area contributed by atoms with E-state index in [0.29, 0.717) is 25.8 Å². The molecule has 1 heterocycles. The van der Waals surface area contributed by atoms with E-state index >= 15 is 0 Å². The van der Waals surface area contributed by atoms with Gasteiger partial charge in [-0.2, -0.15) is 0 Å². The van der Waals surface area contributed by atoms with Gasteiger partial charge in [-0.05, 0) is 47.4 Å². The number of fused-ring (bicyclic) bond motifs is 3. The normalized spacial score (nSPS) is 25.6. The Morgan fingerprint density at radius 1 is 0.971 bits per heavy atom. The maximum atomic E-state index is 13.2. The lowest BCUT2D eigenvalue weighted by atomic mass is 9.86. The molecule has 4 atom stereocenters. The lowest BCUT2D eigenvalue weighted by molar-refractivity contribution is -0.149. The van der Waals surface area contributed by atoms with Crippen LogP contribution in [0.2, 0.25) is 0 Å². The van der Waals surface area contributed by atoms with Crippen LogP contribution in [0, 0.1) is 17.8 Å². The van der Waals surface area contributed by atoms with Gasteiger partial charge in [0.25, 0.3) is 0 Å². The number of carboxylic acids is 1. The molecule has 2 aromatic carbocycles. The van der Waals surface area contributed by atoms with Crippen LogP contribution in [0.25, 0.3) is 11.1 Å². The molecule has 2 aromatic rings. The van der Waals surface area contributed by atoms with E-state index in [0.717, 1.165) is 17.5 Å². The molecule has 2 amide bonds. The summed E-state index contributed by atoms with van der Waals surface area (Å²) in [6, 6.07) is 16.1. The number of carbonyl (C=O) groups is 3. The van der Waals surface area contributed by atoms with E-state index in [1.165, 1.54) is 11.1 Å². The Labute approximate surface area is 205 Å². The molecule has 0 radical (unpaired) electrons. The van der Waals surface area contributed by atoms with Crippen molar-refractivity contribution in [2.24, 2.45) is 17.8 Å². The van der Waals surface area contributed by atoms with Crippen LogP contribution in [0.15, 0.2) is 48.5 Å². The average Bonchev–Trinajstić information content (AvgIpc) is 3.45.